The van der Waals surface area contributed by atoms with Gasteiger partial charge in [-0.05, 0) is 62.6 Å². The predicted molar refractivity (Wildman–Crippen MR) is 111 cm³/mol. The quantitative estimate of drug-likeness (QED) is 0.719. The molecule has 2 amide bonds. The number of fused-ring (bicyclic) bond motifs is 1. The number of benzene rings is 2. The van der Waals surface area contributed by atoms with E-state index in [1.807, 2.05) is 32.0 Å². The Kier molecular flexibility index (Phi) is 6.92. The summed E-state index contributed by atoms with van der Waals surface area (Å²) in [5, 5.41) is 2.85. The van der Waals surface area contributed by atoms with E-state index in [0.717, 1.165) is 11.1 Å². The van der Waals surface area contributed by atoms with Crippen LogP contribution in [0.25, 0.3) is 0 Å². The van der Waals surface area contributed by atoms with Gasteiger partial charge in [-0.2, -0.15) is 0 Å². The van der Waals surface area contributed by atoms with Crippen molar-refractivity contribution < 1.29 is 23.5 Å². The number of aryl methyl sites for hydroxylation is 1. The second-order valence-electron chi connectivity index (χ2n) is 7.67. The van der Waals surface area contributed by atoms with Crippen LogP contribution in [0.15, 0.2) is 42.5 Å². The molecule has 1 aliphatic rings. The largest absolute Gasteiger partial charge is 0.454 e. The van der Waals surface area contributed by atoms with E-state index in [-0.39, 0.29) is 43.4 Å². The molecule has 0 unspecified atom stereocenters. The van der Waals surface area contributed by atoms with Crippen LogP contribution >= 0.6 is 0 Å². The molecule has 1 aliphatic heterocycles. The summed E-state index contributed by atoms with van der Waals surface area (Å²) >= 11 is 0. The Morgan fingerprint density at radius 3 is 2.40 bits per heavy atom. The van der Waals surface area contributed by atoms with E-state index in [1.165, 1.54) is 17.0 Å². The first-order valence-corrected chi connectivity index (χ1v) is 10.1. The lowest BCUT2D eigenvalue weighted by Crippen LogP contribution is -2.49. The van der Waals surface area contributed by atoms with Gasteiger partial charge in [0.25, 0.3) is 0 Å². The molecule has 0 saturated heterocycles. The third-order valence-electron chi connectivity index (χ3n) is 4.93. The number of carbonyl (C=O) groups is 2. The van der Waals surface area contributed by atoms with Gasteiger partial charge in [0.05, 0.1) is 0 Å². The fourth-order valence-electron chi connectivity index (χ4n) is 3.27. The van der Waals surface area contributed by atoms with Crippen LogP contribution in [0.1, 0.15) is 38.3 Å². The van der Waals surface area contributed by atoms with Crippen molar-refractivity contribution in [2.75, 3.05) is 6.79 Å². The minimum absolute atomic E-state index is 0.0312. The summed E-state index contributed by atoms with van der Waals surface area (Å²) in [5.74, 6) is 0.659. The molecule has 0 saturated carbocycles. The zero-order valence-electron chi connectivity index (χ0n) is 17.5. The second-order valence-corrected chi connectivity index (χ2v) is 7.67. The summed E-state index contributed by atoms with van der Waals surface area (Å²) in [6, 6.07) is 10.9. The van der Waals surface area contributed by atoms with E-state index in [9.17, 15) is 14.0 Å². The van der Waals surface area contributed by atoms with Gasteiger partial charge in [-0.1, -0.05) is 18.2 Å². The molecule has 0 radical (unpaired) electrons. The van der Waals surface area contributed by atoms with Crippen LogP contribution in [0.4, 0.5) is 4.39 Å². The first-order chi connectivity index (χ1) is 14.3. The molecule has 1 N–H and O–H groups in total. The molecule has 2 aromatic carbocycles. The topological polar surface area (TPSA) is 67.9 Å². The van der Waals surface area contributed by atoms with Crippen molar-refractivity contribution in [3.05, 3.63) is 59.4 Å². The lowest BCUT2D eigenvalue weighted by molar-refractivity contribution is -0.140. The number of rotatable bonds is 8. The SMILES string of the molecule is CC(C)NC(=O)[C@H](C)N(Cc1ccc(F)cc1)C(=O)CCc1ccc2c(c1)OCO2. The molecule has 1 atom stereocenters. The molecule has 2 aromatic rings. The van der Waals surface area contributed by atoms with Crippen molar-refractivity contribution in [1.82, 2.24) is 10.2 Å². The number of ether oxygens (including phenoxy) is 2. The van der Waals surface area contributed by atoms with Crippen LogP contribution in [0.2, 0.25) is 0 Å². The zero-order valence-corrected chi connectivity index (χ0v) is 17.5. The Hall–Kier alpha value is -3.09. The first kappa shape index (κ1) is 21.6. The number of nitrogens with one attached hydrogen (secondary N) is 1. The van der Waals surface area contributed by atoms with Gasteiger partial charge in [0.2, 0.25) is 18.6 Å². The Morgan fingerprint density at radius 1 is 1.03 bits per heavy atom. The maximum atomic E-state index is 13.3. The molecule has 0 aliphatic carbocycles. The van der Waals surface area contributed by atoms with E-state index in [2.05, 4.69) is 5.32 Å². The van der Waals surface area contributed by atoms with Gasteiger partial charge < -0.3 is 19.7 Å². The summed E-state index contributed by atoms with van der Waals surface area (Å²) in [6.45, 7) is 5.88. The van der Waals surface area contributed by atoms with Gasteiger partial charge >= 0.3 is 0 Å². The van der Waals surface area contributed by atoms with Crippen molar-refractivity contribution >= 4 is 11.8 Å². The number of halogens is 1. The van der Waals surface area contributed by atoms with Gasteiger partial charge in [0.15, 0.2) is 11.5 Å². The Balaban J connectivity index is 1.71. The molecule has 1 heterocycles. The minimum atomic E-state index is -0.651. The highest BCUT2D eigenvalue weighted by Crippen LogP contribution is 2.32. The van der Waals surface area contributed by atoms with Gasteiger partial charge in [0.1, 0.15) is 11.9 Å². The summed E-state index contributed by atoms with van der Waals surface area (Å²) in [5.41, 5.74) is 1.71. The molecule has 0 spiro atoms. The predicted octanol–water partition coefficient (Wildman–Crippen LogP) is 3.43. The van der Waals surface area contributed by atoms with E-state index in [1.54, 1.807) is 19.1 Å². The van der Waals surface area contributed by atoms with Crippen LogP contribution in [-0.2, 0) is 22.6 Å². The van der Waals surface area contributed by atoms with E-state index >= 15 is 0 Å². The van der Waals surface area contributed by atoms with Crippen molar-refractivity contribution in [2.24, 2.45) is 0 Å². The van der Waals surface area contributed by atoms with Crippen LogP contribution < -0.4 is 14.8 Å². The highest BCUT2D eigenvalue weighted by Gasteiger charge is 2.26. The normalized spacial score (nSPS) is 13.2. The van der Waals surface area contributed by atoms with E-state index in [0.29, 0.717) is 17.9 Å². The monoisotopic (exact) mass is 414 g/mol. The van der Waals surface area contributed by atoms with E-state index in [4.69, 9.17) is 9.47 Å². The van der Waals surface area contributed by atoms with Crippen molar-refractivity contribution in [3.63, 3.8) is 0 Å². The minimum Gasteiger partial charge on any atom is -0.454 e. The number of carbonyl (C=O) groups excluding carboxylic acids is 2. The fourth-order valence-corrected chi connectivity index (χ4v) is 3.27. The molecule has 0 aromatic heterocycles. The van der Waals surface area contributed by atoms with Crippen LogP contribution in [0.5, 0.6) is 11.5 Å². The molecular formula is C23H27FN2O4. The summed E-state index contributed by atoms with van der Waals surface area (Å²) in [7, 11) is 0. The Labute approximate surface area is 176 Å². The second kappa shape index (κ2) is 9.61. The maximum absolute atomic E-state index is 13.3. The Bertz CT molecular complexity index is 899. The zero-order chi connectivity index (χ0) is 21.7. The van der Waals surface area contributed by atoms with Gasteiger partial charge in [-0.3, -0.25) is 9.59 Å². The molecule has 3 rings (SSSR count). The van der Waals surface area contributed by atoms with Crippen LogP contribution in [-0.4, -0.2) is 35.6 Å². The maximum Gasteiger partial charge on any atom is 0.242 e. The molecule has 30 heavy (non-hydrogen) atoms. The van der Waals surface area contributed by atoms with E-state index < -0.39 is 6.04 Å². The smallest absolute Gasteiger partial charge is 0.242 e. The lowest BCUT2D eigenvalue weighted by Gasteiger charge is -2.29. The average Bonchev–Trinajstić information content (AvgIpc) is 3.18. The molecular weight excluding hydrogens is 387 g/mol. The van der Waals surface area contributed by atoms with Gasteiger partial charge in [-0.25, -0.2) is 4.39 Å². The molecule has 7 heteroatoms. The highest BCUT2D eigenvalue weighted by molar-refractivity contribution is 5.87. The standard InChI is InChI=1S/C23H27FN2O4/c1-15(2)25-23(28)16(3)26(13-18-4-8-19(24)9-5-18)22(27)11-7-17-6-10-20-21(12-17)30-14-29-20/h4-6,8-10,12,15-16H,7,11,13-14H2,1-3H3,(H,25,28)/t16-/m0/s1. The Morgan fingerprint density at radius 2 is 1.70 bits per heavy atom. The van der Waals surface area contributed by atoms with Crippen molar-refractivity contribution in [3.8, 4) is 11.5 Å². The summed E-state index contributed by atoms with van der Waals surface area (Å²) in [6.07, 6.45) is 0.744. The van der Waals surface area contributed by atoms with Gasteiger partial charge in [0, 0.05) is 19.0 Å². The lowest BCUT2D eigenvalue weighted by atomic mass is 10.1. The average molecular weight is 414 g/mol. The van der Waals surface area contributed by atoms with Crippen molar-refractivity contribution in [1.29, 1.82) is 0 Å². The third-order valence-corrected chi connectivity index (χ3v) is 4.93. The van der Waals surface area contributed by atoms with Gasteiger partial charge in [-0.15, -0.1) is 0 Å². The number of hydrogen-bond acceptors (Lipinski definition) is 4. The number of amides is 2. The summed E-state index contributed by atoms with van der Waals surface area (Å²) in [4.78, 5) is 27.2. The molecule has 0 fully saturated rings. The first-order valence-electron chi connectivity index (χ1n) is 10.1. The molecule has 0 bridgehead atoms. The highest BCUT2D eigenvalue weighted by atomic mass is 19.1. The number of hydrogen-bond donors (Lipinski definition) is 1. The molecule has 6 nitrogen and oxygen atoms in total. The molecule has 160 valence electrons. The van der Waals surface area contributed by atoms with Crippen LogP contribution in [0, 0.1) is 5.82 Å². The van der Waals surface area contributed by atoms with Crippen LogP contribution in [0.3, 0.4) is 0 Å². The fraction of sp³-hybridized carbons (Fsp3) is 0.391. The summed E-state index contributed by atoms with van der Waals surface area (Å²) < 4.78 is 24.0. The van der Waals surface area contributed by atoms with Crippen molar-refractivity contribution in [2.45, 2.75) is 52.2 Å². The third kappa shape index (κ3) is 5.49. The number of nitrogens with zero attached hydrogens (tertiary/aromatic N) is 1.